The summed E-state index contributed by atoms with van der Waals surface area (Å²) in [5.74, 6) is 0.176. The van der Waals surface area contributed by atoms with E-state index in [1.807, 2.05) is 0 Å². The highest BCUT2D eigenvalue weighted by Crippen LogP contribution is 2.32. The molecule has 2 aromatic rings. The van der Waals surface area contributed by atoms with Crippen LogP contribution in [-0.2, 0) is 15.7 Å². The van der Waals surface area contributed by atoms with Gasteiger partial charge >= 0.3 is 12.1 Å². The molecule has 0 aliphatic carbocycles. The molecule has 0 fully saturated rings. The van der Waals surface area contributed by atoms with Crippen LogP contribution in [0.4, 0.5) is 13.2 Å². The molecule has 1 aromatic heterocycles. The van der Waals surface area contributed by atoms with Gasteiger partial charge in [-0.25, -0.2) is 4.98 Å². The van der Waals surface area contributed by atoms with Crippen LogP contribution in [0.1, 0.15) is 37.0 Å². The van der Waals surface area contributed by atoms with E-state index in [2.05, 4.69) is 4.98 Å². The number of hydrogen-bond donors (Lipinski definition) is 0. The maximum atomic E-state index is 12.5. The van der Waals surface area contributed by atoms with Crippen LogP contribution in [0.15, 0.2) is 28.7 Å². The molecule has 0 bridgehead atoms. The first kappa shape index (κ1) is 16.1. The lowest BCUT2D eigenvalue weighted by atomic mass is 10.1. The number of hydrogen-bond acceptors (Lipinski definition) is 4. The van der Waals surface area contributed by atoms with E-state index >= 15 is 0 Å². The summed E-state index contributed by atoms with van der Waals surface area (Å²) < 4.78 is 48.1. The smallest absolute Gasteiger partial charge is 0.416 e. The fraction of sp³-hybridized carbons (Fsp3) is 0.333. The molecule has 0 aliphatic heterocycles. The summed E-state index contributed by atoms with van der Waals surface area (Å²) in [6.07, 6.45) is -4.98. The zero-order valence-corrected chi connectivity index (χ0v) is 12.2. The van der Waals surface area contributed by atoms with E-state index in [-0.39, 0.29) is 5.89 Å². The van der Waals surface area contributed by atoms with Gasteiger partial charge in [0.1, 0.15) is 17.6 Å². The van der Waals surface area contributed by atoms with E-state index in [1.165, 1.54) is 19.1 Å². The molecule has 0 spiro atoms. The third-order valence-electron chi connectivity index (χ3n) is 3.02. The van der Waals surface area contributed by atoms with Gasteiger partial charge in [-0.1, -0.05) is 0 Å². The molecule has 4 nitrogen and oxygen atoms in total. The summed E-state index contributed by atoms with van der Waals surface area (Å²) in [5, 5.41) is 0. The summed E-state index contributed by atoms with van der Waals surface area (Å²) in [5.41, 5.74) is 0.107. The first-order valence-corrected chi connectivity index (χ1v) is 6.50. The normalized spacial score (nSPS) is 13.0. The molecule has 0 saturated carbocycles. The van der Waals surface area contributed by atoms with Crippen molar-refractivity contribution < 1.29 is 27.1 Å². The Morgan fingerprint density at radius 2 is 1.86 bits per heavy atom. The van der Waals surface area contributed by atoms with Gasteiger partial charge in [-0.15, -0.1) is 0 Å². The van der Waals surface area contributed by atoms with Crippen molar-refractivity contribution in [1.29, 1.82) is 0 Å². The minimum absolute atomic E-state index is 0.181. The number of carbonyl (C=O) groups excluding carboxylic acids is 1. The quantitative estimate of drug-likeness (QED) is 0.793. The lowest BCUT2D eigenvalue weighted by molar-refractivity contribution is -0.146. The number of carbonyl (C=O) groups is 1. The van der Waals surface area contributed by atoms with Crippen molar-refractivity contribution in [2.24, 2.45) is 0 Å². The van der Waals surface area contributed by atoms with Crippen LogP contribution in [0.25, 0.3) is 11.5 Å². The SMILES string of the molecule is CC(=O)OC(C)c1nc(-c2ccc(C(F)(F)F)cc2)oc1C. The fourth-order valence-corrected chi connectivity index (χ4v) is 2.02. The second-order valence-electron chi connectivity index (χ2n) is 4.79. The maximum absolute atomic E-state index is 12.5. The molecule has 2 rings (SSSR count). The monoisotopic (exact) mass is 313 g/mol. The maximum Gasteiger partial charge on any atom is 0.416 e. The van der Waals surface area contributed by atoms with Crippen LogP contribution in [-0.4, -0.2) is 11.0 Å². The Balaban J connectivity index is 2.29. The molecule has 0 aliphatic rings. The molecule has 0 amide bonds. The molecule has 1 unspecified atom stereocenters. The van der Waals surface area contributed by atoms with Gasteiger partial charge in [0.25, 0.3) is 0 Å². The zero-order chi connectivity index (χ0) is 16.5. The fourth-order valence-electron chi connectivity index (χ4n) is 2.02. The highest BCUT2D eigenvalue weighted by atomic mass is 19.4. The van der Waals surface area contributed by atoms with Crippen molar-refractivity contribution in [2.45, 2.75) is 33.1 Å². The lowest BCUT2D eigenvalue weighted by Gasteiger charge is -2.08. The standard InChI is InChI=1S/C15H14F3NO3/c1-8(21-10(3)20)13-9(2)22-14(19-13)11-4-6-12(7-5-11)15(16,17)18/h4-8H,1-3H3. The Bertz CT molecular complexity index is 674. The van der Waals surface area contributed by atoms with Crippen LogP contribution in [0.3, 0.4) is 0 Å². The Hall–Kier alpha value is -2.31. The predicted molar refractivity (Wildman–Crippen MR) is 71.9 cm³/mol. The van der Waals surface area contributed by atoms with Crippen LogP contribution in [0.2, 0.25) is 0 Å². The molecule has 22 heavy (non-hydrogen) atoms. The number of rotatable bonds is 3. The van der Waals surface area contributed by atoms with Gasteiger partial charge in [-0.2, -0.15) is 13.2 Å². The van der Waals surface area contributed by atoms with Crippen molar-refractivity contribution in [3.63, 3.8) is 0 Å². The average Bonchev–Trinajstić information content (AvgIpc) is 2.79. The summed E-state index contributed by atoms with van der Waals surface area (Å²) in [7, 11) is 0. The number of aromatic nitrogens is 1. The highest BCUT2D eigenvalue weighted by Gasteiger charge is 2.30. The van der Waals surface area contributed by atoms with Crippen LogP contribution < -0.4 is 0 Å². The van der Waals surface area contributed by atoms with Gasteiger partial charge in [0.15, 0.2) is 0 Å². The van der Waals surface area contributed by atoms with Gasteiger partial charge in [-0.3, -0.25) is 4.79 Å². The van der Waals surface area contributed by atoms with E-state index in [0.717, 1.165) is 12.1 Å². The Labute approximate surface area is 124 Å². The van der Waals surface area contributed by atoms with Crippen molar-refractivity contribution in [2.75, 3.05) is 0 Å². The number of oxazole rings is 1. The number of esters is 1. The van der Waals surface area contributed by atoms with E-state index in [1.54, 1.807) is 13.8 Å². The number of halogens is 3. The van der Waals surface area contributed by atoms with Gasteiger partial charge in [0, 0.05) is 12.5 Å². The lowest BCUT2D eigenvalue weighted by Crippen LogP contribution is -2.06. The number of nitrogens with zero attached hydrogens (tertiary/aromatic N) is 1. The third-order valence-corrected chi connectivity index (χ3v) is 3.02. The van der Waals surface area contributed by atoms with Crippen LogP contribution in [0, 0.1) is 6.92 Å². The molecule has 1 atom stereocenters. The van der Waals surface area contributed by atoms with E-state index < -0.39 is 23.8 Å². The molecule has 1 aromatic carbocycles. The molecule has 0 N–H and O–H groups in total. The second kappa shape index (κ2) is 5.82. The first-order valence-electron chi connectivity index (χ1n) is 6.50. The van der Waals surface area contributed by atoms with Gasteiger partial charge in [-0.05, 0) is 38.1 Å². The minimum Gasteiger partial charge on any atom is -0.456 e. The van der Waals surface area contributed by atoms with E-state index in [0.29, 0.717) is 17.0 Å². The number of ether oxygens (including phenoxy) is 1. The van der Waals surface area contributed by atoms with Gasteiger partial charge in [0.05, 0.1) is 5.56 Å². The molecular formula is C15H14F3NO3. The Morgan fingerprint density at radius 3 is 2.36 bits per heavy atom. The molecule has 1 heterocycles. The largest absolute Gasteiger partial charge is 0.456 e. The summed E-state index contributed by atoms with van der Waals surface area (Å²) in [4.78, 5) is 15.2. The van der Waals surface area contributed by atoms with Crippen molar-refractivity contribution in [3.8, 4) is 11.5 Å². The van der Waals surface area contributed by atoms with E-state index in [9.17, 15) is 18.0 Å². The van der Waals surface area contributed by atoms with Crippen LogP contribution in [0.5, 0.6) is 0 Å². The molecule has 118 valence electrons. The minimum atomic E-state index is -4.39. The number of aryl methyl sites for hydroxylation is 1. The van der Waals surface area contributed by atoms with E-state index in [4.69, 9.17) is 9.15 Å². The predicted octanol–water partition coefficient (Wildman–Crippen LogP) is 4.29. The topological polar surface area (TPSA) is 52.3 Å². The summed E-state index contributed by atoms with van der Waals surface area (Å²) in [6.45, 7) is 4.57. The van der Waals surface area contributed by atoms with Gasteiger partial charge in [0.2, 0.25) is 5.89 Å². The molecule has 0 radical (unpaired) electrons. The average molecular weight is 313 g/mol. The Morgan fingerprint density at radius 1 is 1.27 bits per heavy atom. The highest BCUT2D eigenvalue weighted by molar-refractivity contribution is 5.66. The second-order valence-corrected chi connectivity index (χ2v) is 4.79. The summed E-state index contributed by atoms with van der Waals surface area (Å²) in [6, 6.07) is 4.50. The first-order chi connectivity index (χ1) is 10.2. The van der Waals surface area contributed by atoms with Crippen molar-refractivity contribution in [3.05, 3.63) is 41.3 Å². The number of alkyl halides is 3. The summed E-state index contributed by atoms with van der Waals surface area (Å²) >= 11 is 0. The number of benzene rings is 1. The van der Waals surface area contributed by atoms with Crippen molar-refractivity contribution in [1.82, 2.24) is 4.98 Å². The molecular weight excluding hydrogens is 299 g/mol. The van der Waals surface area contributed by atoms with Gasteiger partial charge < -0.3 is 9.15 Å². The van der Waals surface area contributed by atoms with Crippen molar-refractivity contribution >= 4 is 5.97 Å². The molecule has 7 heteroatoms. The Kier molecular flexibility index (Phi) is 4.25. The molecule has 0 saturated heterocycles. The van der Waals surface area contributed by atoms with Crippen LogP contribution >= 0.6 is 0 Å². The third kappa shape index (κ3) is 3.47. The zero-order valence-electron chi connectivity index (χ0n) is 12.2.